The highest BCUT2D eigenvalue weighted by Crippen LogP contribution is 2.34. The maximum absolute atomic E-state index is 13.9. The van der Waals surface area contributed by atoms with Crippen LogP contribution in [0.2, 0.25) is 0 Å². The van der Waals surface area contributed by atoms with E-state index in [1.807, 2.05) is 6.07 Å². The van der Waals surface area contributed by atoms with E-state index in [9.17, 15) is 9.18 Å². The van der Waals surface area contributed by atoms with E-state index in [1.54, 1.807) is 30.8 Å². The van der Waals surface area contributed by atoms with Gasteiger partial charge in [-0.1, -0.05) is 6.07 Å². The molecule has 37 heavy (non-hydrogen) atoms. The van der Waals surface area contributed by atoms with Crippen molar-refractivity contribution in [2.45, 2.75) is 31.6 Å². The second kappa shape index (κ2) is 8.62. The molecular weight excluding hydrogens is 469 g/mol. The van der Waals surface area contributed by atoms with Crippen LogP contribution in [0.15, 0.2) is 65.3 Å². The quantitative estimate of drug-likeness (QED) is 0.359. The van der Waals surface area contributed by atoms with Crippen molar-refractivity contribution in [3.8, 4) is 11.5 Å². The van der Waals surface area contributed by atoms with Gasteiger partial charge in [0.15, 0.2) is 5.82 Å². The van der Waals surface area contributed by atoms with Crippen LogP contribution in [-0.4, -0.2) is 43.8 Å². The van der Waals surface area contributed by atoms with Crippen LogP contribution in [0.4, 0.5) is 4.39 Å². The summed E-state index contributed by atoms with van der Waals surface area (Å²) >= 11 is 0. The summed E-state index contributed by atoms with van der Waals surface area (Å²) in [7, 11) is 0. The summed E-state index contributed by atoms with van der Waals surface area (Å²) in [4.78, 5) is 29.3. The van der Waals surface area contributed by atoms with Crippen LogP contribution in [0, 0.1) is 5.92 Å². The molecule has 0 spiro atoms. The zero-order valence-corrected chi connectivity index (χ0v) is 20.0. The molecule has 4 heterocycles. The molecule has 3 aliphatic rings. The molecule has 1 atom stereocenters. The van der Waals surface area contributed by atoms with Crippen LogP contribution in [-0.2, 0) is 4.79 Å². The van der Waals surface area contributed by atoms with Crippen LogP contribution >= 0.6 is 0 Å². The van der Waals surface area contributed by atoms with E-state index < -0.39 is 0 Å². The predicted molar refractivity (Wildman–Crippen MR) is 140 cm³/mol. The van der Waals surface area contributed by atoms with Crippen LogP contribution in [0.3, 0.4) is 0 Å². The van der Waals surface area contributed by atoms with Crippen molar-refractivity contribution in [3.63, 3.8) is 0 Å². The number of imidazole rings is 1. The number of H-pyrrole nitrogens is 2. The van der Waals surface area contributed by atoms with Crippen molar-refractivity contribution in [2.24, 2.45) is 10.9 Å². The summed E-state index contributed by atoms with van der Waals surface area (Å²) < 4.78 is 13.9. The molecule has 1 amide bonds. The number of rotatable bonds is 5. The number of benzene rings is 1. The minimum Gasteiger partial charge on any atom is -0.335 e. The van der Waals surface area contributed by atoms with Crippen molar-refractivity contribution in [2.75, 3.05) is 6.54 Å². The smallest absolute Gasteiger partial charge is 0.227 e. The van der Waals surface area contributed by atoms with Gasteiger partial charge >= 0.3 is 0 Å². The monoisotopic (exact) mass is 493 g/mol. The van der Waals surface area contributed by atoms with Gasteiger partial charge in [-0.3, -0.25) is 19.9 Å². The first kappa shape index (κ1) is 21.8. The lowest BCUT2D eigenvalue weighted by atomic mass is 9.95. The van der Waals surface area contributed by atoms with Crippen molar-refractivity contribution in [1.29, 1.82) is 0 Å². The number of allylic oxidation sites excluding steroid dienone is 5. The number of nitrogens with zero attached hydrogens (tertiary/aromatic N) is 4. The van der Waals surface area contributed by atoms with Gasteiger partial charge in [0, 0.05) is 41.7 Å². The van der Waals surface area contributed by atoms with Crippen molar-refractivity contribution in [3.05, 3.63) is 71.5 Å². The summed E-state index contributed by atoms with van der Waals surface area (Å²) in [5.41, 5.74) is 6.67. The fraction of sp³-hybridized carbons (Fsp3) is 0.250. The first-order valence-electron chi connectivity index (χ1n) is 12.5. The summed E-state index contributed by atoms with van der Waals surface area (Å²) in [6, 6.07) is 6.17. The van der Waals surface area contributed by atoms with Gasteiger partial charge in [0.25, 0.3) is 0 Å². The summed E-state index contributed by atoms with van der Waals surface area (Å²) in [6.45, 7) is 0.612. The lowest BCUT2D eigenvalue weighted by Gasteiger charge is -2.17. The Morgan fingerprint density at radius 3 is 2.95 bits per heavy atom. The summed E-state index contributed by atoms with van der Waals surface area (Å²) in [6.07, 6.45) is 13.8. The van der Waals surface area contributed by atoms with Crippen LogP contribution < -0.4 is 5.32 Å². The molecule has 1 aliphatic heterocycles. The minimum absolute atomic E-state index is 0.0410. The third kappa shape index (κ3) is 4.06. The third-order valence-corrected chi connectivity index (χ3v) is 7.17. The number of nitrogens with one attached hydrogen (secondary N) is 3. The highest BCUT2D eigenvalue weighted by atomic mass is 19.1. The van der Waals surface area contributed by atoms with Gasteiger partial charge in [-0.2, -0.15) is 5.10 Å². The minimum atomic E-state index is -0.226. The summed E-state index contributed by atoms with van der Waals surface area (Å²) in [5.74, 6) is 0.654. The lowest BCUT2D eigenvalue weighted by Crippen LogP contribution is -2.27. The lowest BCUT2D eigenvalue weighted by molar-refractivity contribution is -0.121. The van der Waals surface area contributed by atoms with E-state index in [-0.39, 0.29) is 23.6 Å². The van der Waals surface area contributed by atoms with Gasteiger partial charge in [-0.15, -0.1) is 0 Å². The first-order chi connectivity index (χ1) is 18.1. The molecule has 0 bridgehead atoms. The second-order valence-corrected chi connectivity index (χ2v) is 9.83. The molecular formula is C28H24FN7O. The van der Waals surface area contributed by atoms with Gasteiger partial charge in [-0.05, 0) is 67.2 Å². The second-order valence-electron chi connectivity index (χ2n) is 9.83. The van der Waals surface area contributed by atoms with E-state index in [1.165, 1.54) is 0 Å². The van der Waals surface area contributed by atoms with E-state index in [2.05, 4.69) is 48.7 Å². The zero-order valence-electron chi connectivity index (χ0n) is 20.0. The Morgan fingerprint density at radius 1 is 1.16 bits per heavy atom. The van der Waals surface area contributed by atoms with Gasteiger partial charge in [0.2, 0.25) is 5.91 Å². The molecule has 1 aromatic carbocycles. The zero-order chi connectivity index (χ0) is 24.9. The molecule has 0 saturated heterocycles. The Balaban J connectivity index is 1.24. The number of aromatic amines is 2. The van der Waals surface area contributed by atoms with Crippen molar-refractivity contribution >= 4 is 39.6 Å². The number of pyridine rings is 1. The van der Waals surface area contributed by atoms with Gasteiger partial charge in [0.05, 0.1) is 28.4 Å². The molecule has 9 heteroatoms. The topological polar surface area (TPSA) is 112 Å². The number of aliphatic imine (C=N–C) groups is 1. The van der Waals surface area contributed by atoms with Crippen molar-refractivity contribution < 1.29 is 9.18 Å². The fourth-order valence-electron chi connectivity index (χ4n) is 5.04. The molecule has 2 aliphatic carbocycles. The maximum atomic E-state index is 13.9. The van der Waals surface area contributed by atoms with E-state index in [0.29, 0.717) is 24.5 Å². The molecule has 1 fully saturated rings. The SMILES string of the molecule is O=C(NC1=CC(c2ccc3[nH]nc(-c4nc5c(C6=CC(F)=CCC6)cncc5[nH]4)c3c2)CN=C1)C1CC1. The largest absolute Gasteiger partial charge is 0.335 e. The molecule has 3 aromatic heterocycles. The molecule has 1 unspecified atom stereocenters. The Hall–Kier alpha value is -4.40. The Kier molecular flexibility index (Phi) is 5.09. The van der Waals surface area contributed by atoms with Crippen LogP contribution in [0.25, 0.3) is 39.0 Å². The first-order valence-corrected chi connectivity index (χ1v) is 12.5. The molecule has 7 rings (SSSR count). The van der Waals surface area contributed by atoms with E-state index in [0.717, 1.165) is 63.6 Å². The Morgan fingerprint density at radius 2 is 2.08 bits per heavy atom. The van der Waals surface area contributed by atoms with Crippen LogP contribution in [0.5, 0.6) is 0 Å². The van der Waals surface area contributed by atoms with Crippen LogP contribution in [0.1, 0.15) is 42.7 Å². The number of carbonyl (C=O) groups excluding carboxylic acids is 1. The molecule has 0 radical (unpaired) electrons. The number of hydrogen-bond acceptors (Lipinski definition) is 5. The number of amides is 1. The Bertz CT molecular complexity index is 1690. The highest BCUT2D eigenvalue weighted by molar-refractivity contribution is 5.96. The third-order valence-electron chi connectivity index (χ3n) is 7.17. The van der Waals surface area contributed by atoms with E-state index >= 15 is 0 Å². The van der Waals surface area contributed by atoms with Gasteiger partial charge in [0.1, 0.15) is 11.5 Å². The number of dihydropyridines is 1. The molecule has 4 aromatic rings. The standard InChI is InChI=1S/C28H24FN7O/c29-19-3-1-2-17(8-19)22-13-31-14-24-25(22)34-27(33-24)26-21-10-16(6-7-23(21)35-36-26)18-9-20(12-30-11-18)32-28(37)15-4-5-15/h3,6-10,12-15,18H,1-2,4-5,11H2,(H,32,37)(H,33,34)(H,35,36). The number of carbonyl (C=O) groups is 1. The van der Waals surface area contributed by atoms with Crippen molar-refractivity contribution in [1.82, 2.24) is 30.5 Å². The molecule has 1 saturated carbocycles. The fourth-order valence-corrected chi connectivity index (χ4v) is 5.04. The number of aromatic nitrogens is 5. The highest BCUT2D eigenvalue weighted by Gasteiger charge is 2.30. The average Bonchev–Trinajstić information content (AvgIpc) is 3.55. The molecule has 184 valence electrons. The molecule has 3 N–H and O–H groups in total. The average molecular weight is 494 g/mol. The number of hydrogen-bond donors (Lipinski definition) is 3. The maximum Gasteiger partial charge on any atom is 0.227 e. The number of fused-ring (bicyclic) bond motifs is 2. The Labute approximate surface area is 211 Å². The summed E-state index contributed by atoms with van der Waals surface area (Å²) in [5, 5.41) is 11.6. The predicted octanol–water partition coefficient (Wildman–Crippen LogP) is 5.11. The number of halogens is 1. The normalized spacial score (nSPS) is 19.6. The molecule has 8 nitrogen and oxygen atoms in total. The van der Waals surface area contributed by atoms with Gasteiger partial charge < -0.3 is 10.3 Å². The van der Waals surface area contributed by atoms with Gasteiger partial charge in [-0.25, -0.2) is 9.37 Å². The van der Waals surface area contributed by atoms with E-state index in [4.69, 9.17) is 4.98 Å².